The van der Waals surface area contributed by atoms with E-state index >= 15 is 0 Å². The van der Waals surface area contributed by atoms with Crippen LogP contribution in [0.3, 0.4) is 0 Å². The SMILES string of the molecule is C=Cc1ccc(O[SiH3])c(C)c1C. The Hall–Kier alpha value is -1.02. The maximum Gasteiger partial charge on any atom is 0.204 e. The molecule has 1 aromatic carbocycles. The van der Waals surface area contributed by atoms with E-state index in [1.54, 1.807) is 0 Å². The van der Waals surface area contributed by atoms with Crippen molar-refractivity contribution in [3.63, 3.8) is 0 Å². The van der Waals surface area contributed by atoms with Gasteiger partial charge in [0.15, 0.2) is 0 Å². The minimum atomic E-state index is 0.747. The van der Waals surface area contributed by atoms with Gasteiger partial charge in [-0.05, 0) is 36.6 Å². The largest absolute Gasteiger partial charge is 0.553 e. The van der Waals surface area contributed by atoms with Crippen molar-refractivity contribution in [1.82, 2.24) is 0 Å². The van der Waals surface area contributed by atoms with Crippen molar-refractivity contribution in [2.45, 2.75) is 13.8 Å². The van der Waals surface area contributed by atoms with Crippen LogP contribution in [0.1, 0.15) is 16.7 Å². The molecule has 1 aromatic rings. The van der Waals surface area contributed by atoms with Crippen molar-refractivity contribution >= 4 is 16.6 Å². The molecule has 0 fully saturated rings. The van der Waals surface area contributed by atoms with Crippen LogP contribution in [0.25, 0.3) is 6.08 Å². The van der Waals surface area contributed by atoms with E-state index in [1.807, 2.05) is 18.2 Å². The van der Waals surface area contributed by atoms with E-state index in [2.05, 4.69) is 20.4 Å². The van der Waals surface area contributed by atoms with Gasteiger partial charge in [0.2, 0.25) is 10.5 Å². The van der Waals surface area contributed by atoms with E-state index in [4.69, 9.17) is 4.43 Å². The first-order valence-corrected chi connectivity index (χ1v) is 4.79. The molecule has 0 atom stereocenters. The lowest BCUT2D eigenvalue weighted by atomic mass is 10.0. The Bertz CT molecular complexity index is 305. The molecule has 0 saturated carbocycles. The molecule has 0 aromatic heterocycles. The summed E-state index contributed by atoms with van der Waals surface area (Å²) in [6.45, 7) is 7.93. The molecule has 64 valence electrons. The third kappa shape index (κ3) is 1.43. The first-order chi connectivity index (χ1) is 5.70. The fourth-order valence-electron chi connectivity index (χ4n) is 1.26. The Morgan fingerprint density at radius 2 is 2.00 bits per heavy atom. The third-order valence-electron chi connectivity index (χ3n) is 2.22. The van der Waals surface area contributed by atoms with E-state index < -0.39 is 0 Å². The zero-order valence-corrected chi connectivity index (χ0v) is 9.85. The first-order valence-electron chi connectivity index (χ1n) is 3.97. The van der Waals surface area contributed by atoms with E-state index in [0.29, 0.717) is 0 Å². The van der Waals surface area contributed by atoms with Crippen molar-refractivity contribution in [2.24, 2.45) is 0 Å². The molecule has 0 amide bonds. The topological polar surface area (TPSA) is 9.23 Å². The summed E-state index contributed by atoms with van der Waals surface area (Å²) in [5.41, 5.74) is 3.68. The molecular formula is C10H14OSi. The van der Waals surface area contributed by atoms with Crippen LogP contribution in [-0.2, 0) is 0 Å². The molecule has 1 nitrogen and oxygen atoms in total. The number of hydrogen-bond donors (Lipinski definition) is 0. The van der Waals surface area contributed by atoms with Gasteiger partial charge in [0.05, 0.1) is 0 Å². The molecule has 12 heavy (non-hydrogen) atoms. The van der Waals surface area contributed by atoms with Crippen molar-refractivity contribution < 1.29 is 4.43 Å². The maximum absolute atomic E-state index is 5.33. The summed E-state index contributed by atoms with van der Waals surface area (Å²) < 4.78 is 5.33. The van der Waals surface area contributed by atoms with Crippen LogP contribution >= 0.6 is 0 Å². The van der Waals surface area contributed by atoms with Gasteiger partial charge in [0.25, 0.3) is 0 Å². The average molecular weight is 178 g/mol. The number of hydrogen-bond acceptors (Lipinski definition) is 1. The normalized spacial score (nSPS) is 9.83. The van der Waals surface area contributed by atoms with Crippen LogP contribution in [0.5, 0.6) is 5.75 Å². The lowest BCUT2D eigenvalue weighted by Crippen LogP contribution is -1.93. The predicted molar refractivity (Wildman–Crippen MR) is 56.6 cm³/mol. The fraction of sp³-hybridized carbons (Fsp3) is 0.200. The summed E-state index contributed by atoms with van der Waals surface area (Å²) in [5, 5.41) is 0. The number of rotatable bonds is 2. The highest BCUT2D eigenvalue weighted by Crippen LogP contribution is 2.23. The van der Waals surface area contributed by atoms with Gasteiger partial charge >= 0.3 is 0 Å². The summed E-state index contributed by atoms with van der Waals surface area (Å²) in [6.07, 6.45) is 1.87. The maximum atomic E-state index is 5.33. The summed E-state index contributed by atoms with van der Waals surface area (Å²) in [5.74, 6) is 1.00. The molecule has 0 aliphatic rings. The van der Waals surface area contributed by atoms with Crippen LogP contribution in [0.15, 0.2) is 18.7 Å². The Labute approximate surface area is 76.6 Å². The average Bonchev–Trinajstić information content (AvgIpc) is 2.10. The molecule has 1 rings (SSSR count). The van der Waals surface area contributed by atoms with Gasteiger partial charge in [-0.3, -0.25) is 0 Å². The Kier molecular flexibility index (Phi) is 2.71. The standard InChI is InChI=1S/C10H14OSi/c1-4-9-5-6-10(11-12)8(3)7(9)2/h4-6H,1H2,2-3,12H3. The molecule has 2 heteroatoms. The highest BCUT2D eigenvalue weighted by molar-refractivity contribution is 6.00. The summed E-state index contributed by atoms with van der Waals surface area (Å²) in [6, 6.07) is 4.05. The summed E-state index contributed by atoms with van der Waals surface area (Å²) >= 11 is 0. The van der Waals surface area contributed by atoms with Crippen LogP contribution in [0, 0.1) is 13.8 Å². The lowest BCUT2D eigenvalue weighted by molar-refractivity contribution is 0.609. The minimum Gasteiger partial charge on any atom is -0.553 e. The van der Waals surface area contributed by atoms with Crippen LogP contribution in [0.4, 0.5) is 0 Å². The number of benzene rings is 1. The fourth-order valence-corrected chi connectivity index (χ4v) is 1.70. The van der Waals surface area contributed by atoms with E-state index in [1.165, 1.54) is 16.7 Å². The second kappa shape index (κ2) is 3.58. The van der Waals surface area contributed by atoms with Crippen LogP contribution in [-0.4, -0.2) is 10.5 Å². The van der Waals surface area contributed by atoms with Gasteiger partial charge in [-0.2, -0.15) is 0 Å². The zero-order valence-electron chi connectivity index (χ0n) is 7.85. The molecule has 0 aliphatic heterocycles. The molecule has 0 saturated heterocycles. The Morgan fingerprint density at radius 1 is 1.33 bits per heavy atom. The van der Waals surface area contributed by atoms with Gasteiger partial charge < -0.3 is 4.43 Å². The van der Waals surface area contributed by atoms with Gasteiger partial charge in [-0.25, -0.2) is 0 Å². The zero-order chi connectivity index (χ0) is 9.14. The van der Waals surface area contributed by atoms with Crippen LogP contribution < -0.4 is 4.43 Å². The minimum absolute atomic E-state index is 0.747. The highest BCUT2D eigenvalue weighted by atomic mass is 28.2. The monoisotopic (exact) mass is 178 g/mol. The van der Waals surface area contributed by atoms with Crippen molar-refractivity contribution in [1.29, 1.82) is 0 Å². The van der Waals surface area contributed by atoms with Crippen molar-refractivity contribution in [2.75, 3.05) is 0 Å². The molecule has 0 aliphatic carbocycles. The molecule has 0 bridgehead atoms. The second-order valence-corrected chi connectivity index (χ2v) is 3.22. The van der Waals surface area contributed by atoms with Crippen molar-refractivity contribution in [3.8, 4) is 5.75 Å². The first kappa shape index (κ1) is 9.07. The van der Waals surface area contributed by atoms with Gasteiger partial charge in [-0.15, -0.1) is 0 Å². The second-order valence-electron chi connectivity index (χ2n) is 2.81. The molecular weight excluding hydrogens is 164 g/mol. The van der Waals surface area contributed by atoms with Crippen molar-refractivity contribution in [3.05, 3.63) is 35.4 Å². The molecule has 0 heterocycles. The summed E-state index contributed by atoms with van der Waals surface area (Å²) in [4.78, 5) is 0. The molecule has 0 spiro atoms. The third-order valence-corrected chi connectivity index (χ3v) is 2.66. The van der Waals surface area contributed by atoms with Gasteiger partial charge in [-0.1, -0.05) is 18.7 Å². The molecule has 0 N–H and O–H groups in total. The summed E-state index contributed by atoms with van der Waals surface area (Å²) in [7, 11) is 0.747. The molecule has 0 radical (unpaired) electrons. The van der Waals surface area contributed by atoms with E-state index in [0.717, 1.165) is 16.2 Å². The van der Waals surface area contributed by atoms with Crippen LogP contribution in [0.2, 0.25) is 0 Å². The Balaban J connectivity index is 3.29. The van der Waals surface area contributed by atoms with Gasteiger partial charge in [0.1, 0.15) is 5.75 Å². The quantitative estimate of drug-likeness (QED) is 0.625. The van der Waals surface area contributed by atoms with E-state index in [9.17, 15) is 0 Å². The Morgan fingerprint density at radius 3 is 2.50 bits per heavy atom. The smallest absolute Gasteiger partial charge is 0.204 e. The highest BCUT2D eigenvalue weighted by Gasteiger charge is 2.02. The molecule has 0 unspecified atom stereocenters. The predicted octanol–water partition coefficient (Wildman–Crippen LogP) is 1.61. The van der Waals surface area contributed by atoms with E-state index in [-0.39, 0.29) is 0 Å². The lowest BCUT2D eigenvalue weighted by Gasteiger charge is -2.10. The van der Waals surface area contributed by atoms with Gasteiger partial charge in [0, 0.05) is 0 Å².